The first-order valence-corrected chi connectivity index (χ1v) is 14.2. The van der Waals surface area contributed by atoms with Crippen molar-refractivity contribution in [2.24, 2.45) is 11.8 Å². The van der Waals surface area contributed by atoms with Crippen LogP contribution in [-0.2, 0) is 0 Å². The minimum atomic E-state index is -0.816. The Hall–Kier alpha value is -0.903. The van der Waals surface area contributed by atoms with Crippen LogP contribution in [-0.4, -0.2) is 15.4 Å². The number of benzene rings is 1. The van der Waals surface area contributed by atoms with E-state index >= 15 is 0 Å². The van der Waals surface area contributed by atoms with Crippen molar-refractivity contribution in [2.75, 3.05) is 6.61 Å². The van der Waals surface area contributed by atoms with Crippen LogP contribution in [0.5, 0.6) is 5.75 Å². The summed E-state index contributed by atoms with van der Waals surface area (Å²) in [5.41, 5.74) is 0.554. The Morgan fingerprint density at radius 1 is 0.893 bits per heavy atom. The summed E-state index contributed by atoms with van der Waals surface area (Å²) in [6.07, 6.45) is 11.4. The molecule has 3 rings (SSSR count). The van der Waals surface area contributed by atoms with Crippen LogP contribution in [0.4, 0.5) is 8.78 Å². The van der Waals surface area contributed by atoms with E-state index in [0.717, 1.165) is 24.7 Å². The molecule has 1 saturated carbocycles. The standard InChI is InChI=1S/C24H38F2OSi/c1-3-15-28-16-13-19(14-17-28)6-5-18-7-9-20(10-8-18)21-11-12-22(27-4-2)24(26)23(21)25/h11-12,18-20,28H,3-10,13-17H2,1-2H3. The zero-order chi connectivity index (χ0) is 19.9. The fourth-order valence-corrected chi connectivity index (χ4v) is 9.15. The molecule has 0 amide bonds. The molecule has 0 spiro atoms. The first-order valence-electron chi connectivity index (χ1n) is 11.7. The number of rotatable bonds is 8. The van der Waals surface area contributed by atoms with Crippen LogP contribution in [0.3, 0.4) is 0 Å². The summed E-state index contributed by atoms with van der Waals surface area (Å²) in [7, 11) is -0.360. The molecule has 1 aromatic rings. The minimum absolute atomic E-state index is 0.0363. The molecule has 158 valence electrons. The molecule has 1 nitrogen and oxygen atoms in total. The zero-order valence-electron chi connectivity index (χ0n) is 17.8. The lowest BCUT2D eigenvalue weighted by atomic mass is 9.76. The highest BCUT2D eigenvalue weighted by molar-refractivity contribution is 6.58. The lowest BCUT2D eigenvalue weighted by Crippen LogP contribution is -2.22. The third-order valence-corrected chi connectivity index (χ3v) is 11.0. The smallest absolute Gasteiger partial charge is 0.200 e. The van der Waals surface area contributed by atoms with Gasteiger partial charge in [-0.15, -0.1) is 0 Å². The number of halogens is 2. The monoisotopic (exact) mass is 408 g/mol. The fourth-order valence-electron chi connectivity index (χ4n) is 5.58. The number of hydrogen-bond donors (Lipinski definition) is 0. The van der Waals surface area contributed by atoms with E-state index in [0.29, 0.717) is 12.2 Å². The topological polar surface area (TPSA) is 9.23 Å². The maximum absolute atomic E-state index is 14.5. The first-order chi connectivity index (χ1) is 13.6. The molecule has 1 aliphatic heterocycles. The Bertz CT molecular complexity index is 605. The SMILES string of the molecule is CCC[SiH]1CCC(CCC2CCC(c3ccc(OCC)c(F)c3F)CC2)CC1. The second-order valence-corrected chi connectivity index (χ2v) is 12.6. The summed E-state index contributed by atoms with van der Waals surface area (Å²) >= 11 is 0. The maximum Gasteiger partial charge on any atom is 0.200 e. The molecular weight excluding hydrogens is 370 g/mol. The second-order valence-electron chi connectivity index (χ2n) is 9.18. The van der Waals surface area contributed by atoms with Gasteiger partial charge in [0.1, 0.15) is 0 Å². The highest BCUT2D eigenvalue weighted by Crippen LogP contribution is 2.41. The Morgan fingerprint density at radius 2 is 1.54 bits per heavy atom. The van der Waals surface area contributed by atoms with Crippen molar-refractivity contribution in [3.8, 4) is 5.75 Å². The molecule has 0 unspecified atom stereocenters. The van der Waals surface area contributed by atoms with E-state index in [2.05, 4.69) is 6.92 Å². The highest BCUT2D eigenvalue weighted by atomic mass is 28.3. The van der Waals surface area contributed by atoms with Crippen LogP contribution < -0.4 is 4.74 Å². The molecule has 4 heteroatoms. The van der Waals surface area contributed by atoms with Gasteiger partial charge in [0.15, 0.2) is 11.6 Å². The third kappa shape index (κ3) is 5.58. The van der Waals surface area contributed by atoms with Crippen molar-refractivity contribution >= 4 is 8.80 Å². The second kappa shape index (κ2) is 10.8. The Kier molecular flexibility index (Phi) is 8.37. The van der Waals surface area contributed by atoms with Gasteiger partial charge in [-0.3, -0.25) is 0 Å². The van der Waals surface area contributed by atoms with E-state index in [9.17, 15) is 8.78 Å². The lowest BCUT2D eigenvalue weighted by Gasteiger charge is -2.32. The van der Waals surface area contributed by atoms with Crippen LogP contribution in [0.1, 0.15) is 83.1 Å². The zero-order valence-corrected chi connectivity index (χ0v) is 19.0. The predicted octanol–water partition coefficient (Wildman–Crippen LogP) is 7.46. The molecule has 2 fully saturated rings. The van der Waals surface area contributed by atoms with Crippen molar-refractivity contribution in [3.05, 3.63) is 29.3 Å². The molecule has 1 aliphatic carbocycles. The van der Waals surface area contributed by atoms with Crippen LogP contribution >= 0.6 is 0 Å². The highest BCUT2D eigenvalue weighted by Gasteiger charge is 2.28. The molecule has 0 atom stereocenters. The third-order valence-electron chi connectivity index (χ3n) is 7.31. The van der Waals surface area contributed by atoms with Crippen molar-refractivity contribution < 1.29 is 13.5 Å². The molecule has 28 heavy (non-hydrogen) atoms. The van der Waals surface area contributed by atoms with Crippen molar-refractivity contribution in [2.45, 2.75) is 95.7 Å². The number of ether oxygens (including phenoxy) is 1. The van der Waals surface area contributed by atoms with Crippen LogP contribution in [0.15, 0.2) is 12.1 Å². The van der Waals surface area contributed by atoms with E-state index in [1.807, 2.05) is 0 Å². The van der Waals surface area contributed by atoms with Gasteiger partial charge in [-0.05, 0) is 62.0 Å². The molecule has 0 bridgehead atoms. The normalized spacial score (nSPS) is 28.3. The van der Waals surface area contributed by atoms with Crippen LogP contribution in [0.2, 0.25) is 18.1 Å². The summed E-state index contributed by atoms with van der Waals surface area (Å²) in [5.74, 6) is 0.450. The van der Waals surface area contributed by atoms with E-state index in [1.54, 1.807) is 37.2 Å². The van der Waals surface area contributed by atoms with Crippen molar-refractivity contribution in [1.82, 2.24) is 0 Å². The minimum Gasteiger partial charge on any atom is -0.491 e. The Labute approximate surface area is 171 Å². The molecule has 1 saturated heterocycles. The van der Waals surface area contributed by atoms with Crippen LogP contribution in [0, 0.1) is 23.5 Å². The number of hydrogen-bond acceptors (Lipinski definition) is 1. The molecule has 0 radical (unpaired) electrons. The Balaban J connectivity index is 1.43. The van der Waals surface area contributed by atoms with Gasteiger partial charge in [0.2, 0.25) is 5.82 Å². The summed E-state index contributed by atoms with van der Waals surface area (Å²) < 4.78 is 33.9. The molecule has 2 aliphatic rings. The van der Waals surface area contributed by atoms with Gasteiger partial charge in [0.05, 0.1) is 6.61 Å². The largest absolute Gasteiger partial charge is 0.491 e. The molecule has 1 heterocycles. The van der Waals surface area contributed by atoms with E-state index < -0.39 is 11.6 Å². The predicted molar refractivity (Wildman–Crippen MR) is 116 cm³/mol. The van der Waals surface area contributed by atoms with E-state index in [1.165, 1.54) is 44.9 Å². The quantitative estimate of drug-likeness (QED) is 0.405. The molecular formula is C24H38F2OSi. The van der Waals surface area contributed by atoms with Crippen molar-refractivity contribution in [3.63, 3.8) is 0 Å². The van der Waals surface area contributed by atoms with Gasteiger partial charge >= 0.3 is 0 Å². The maximum atomic E-state index is 14.5. The van der Waals surface area contributed by atoms with E-state index in [-0.39, 0.29) is 20.5 Å². The fraction of sp³-hybridized carbons (Fsp3) is 0.750. The molecule has 0 aromatic heterocycles. The average Bonchev–Trinajstić information content (AvgIpc) is 2.72. The summed E-state index contributed by atoms with van der Waals surface area (Å²) in [6.45, 7) is 4.47. The first kappa shape index (κ1) is 21.8. The Morgan fingerprint density at radius 3 is 2.14 bits per heavy atom. The molecule has 0 N–H and O–H groups in total. The van der Waals surface area contributed by atoms with Gasteiger partial charge in [-0.25, -0.2) is 4.39 Å². The molecule has 1 aromatic carbocycles. The van der Waals surface area contributed by atoms with E-state index in [4.69, 9.17) is 4.74 Å². The lowest BCUT2D eigenvalue weighted by molar-refractivity contribution is 0.275. The summed E-state index contributed by atoms with van der Waals surface area (Å²) in [5, 5.41) is 0. The van der Waals surface area contributed by atoms with Gasteiger partial charge in [0, 0.05) is 8.80 Å². The van der Waals surface area contributed by atoms with Gasteiger partial charge in [0.25, 0.3) is 0 Å². The summed E-state index contributed by atoms with van der Waals surface area (Å²) in [6, 6.07) is 8.05. The van der Waals surface area contributed by atoms with Gasteiger partial charge in [-0.1, -0.05) is 63.2 Å². The summed E-state index contributed by atoms with van der Waals surface area (Å²) in [4.78, 5) is 0. The van der Waals surface area contributed by atoms with Crippen molar-refractivity contribution in [1.29, 1.82) is 0 Å². The average molecular weight is 409 g/mol. The van der Waals surface area contributed by atoms with Crippen LogP contribution in [0.25, 0.3) is 0 Å². The van der Waals surface area contributed by atoms with Gasteiger partial charge < -0.3 is 4.74 Å². The van der Waals surface area contributed by atoms with Gasteiger partial charge in [-0.2, -0.15) is 4.39 Å².